The second kappa shape index (κ2) is 8.24. The summed E-state index contributed by atoms with van der Waals surface area (Å²) in [6.45, 7) is 2.21. The first-order valence-electron chi connectivity index (χ1n) is 9.39. The number of nitrogens with zero attached hydrogens (tertiary/aromatic N) is 6. The highest BCUT2D eigenvalue weighted by molar-refractivity contribution is 5.88. The summed E-state index contributed by atoms with van der Waals surface area (Å²) >= 11 is 0. The van der Waals surface area contributed by atoms with E-state index in [0.29, 0.717) is 51.6 Å². The molecule has 0 aliphatic carbocycles. The molecule has 0 radical (unpaired) electrons. The maximum Gasteiger partial charge on any atom is 0.257 e. The van der Waals surface area contributed by atoms with Crippen LogP contribution in [0.1, 0.15) is 18.9 Å². The number of rotatable bonds is 7. The summed E-state index contributed by atoms with van der Waals surface area (Å²) in [5.74, 6) is 0.452. The lowest BCUT2D eigenvalue weighted by atomic mass is 10.1. The van der Waals surface area contributed by atoms with Crippen LogP contribution in [0.25, 0.3) is 33.5 Å². The van der Waals surface area contributed by atoms with E-state index in [9.17, 15) is 14.0 Å². The number of H-pyrrole nitrogens is 1. The van der Waals surface area contributed by atoms with Crippen LogP contribution in [0.15, 0.2) is 36.9 Å². The Bertz CT molecular complexity index is 1220. The first-order chi connectivity index (χ1) is 14.6. The van der Waals surface area contributed by atoms with Crippen LogP contribution in [0, 0.1) is 11.3 Å². The van der Waals surface area contributed by atoms with Crippen molar-refractivity contribution < 1.29 is 8.78 Å². The van der Waals surface area contributed by atoms with Gasteiger partial charge in [0.1, 0.15) is 24.0 Å². The standard InChI is InChI=1S/C20H18F2N8/c1-2-4-24-20-25-5-3-16(28-20)15-10-30(11-17(21)22)29-18(15)12-6-14-13(7-23)9-27-19(14)26-8-12/h3,5-6,8-10,17H,2,4,11H2,1H3,(H,26,27)(H,24,25,28). The average molecular weight is 408 g/mol. The zero-order valence-electron chi connectivity index (χ0n) is 16.1. The Kier molecular flexibility index (Phi) is 5.34. The van der Waals surface area contributed by atoms with Gasteiger partial charge in [0.25, 0.3) is 6.43 Å². The molecule has 10 heteroatoms. The number of fused-ring (bicyclic) bond motifs is 1. The van der Waals surface area contributed by atoms with Gasteiger partial charge in [0.15, 0.2) is 0 Å². The van der Waals surface area contributed by atoms with Crippen LogP contribution in [0.4, 0.5) is 14.7 Å². The molecule has 4 aromatic rings. The fourth-order valence-electron chi connectivity index (χ4n) is 3.11. The third-order valence-electron chi connectivity index (χ3n) is 4.48. The second-order valence-electron chi connectivity index (χ2n) is 6.63. The Hall–Kier alpha value is -3.87. The molecule has 4 aromatic heterocycles. The van der Waals surface area contributed by atoms with Crippen molar-refractivity contribution in [1.82, 2.24) is 29.7 Å². The first kappa shape index (κ1) is 19.4. The summed E-state index contributed by atoms with van der Waals surface area (Å²) in [5.41, 5.74) is 3.19. The highest BCUT2D eigenvalue weighted by atomic mass is 19.3. The number of alkyl halides is 2. The third kappa shape index (κ3) is 3.82. The van der Waals surface area contributed by atoms with Gasteiger partial charge in [-0.1, -0.05) is 6.92 Å². The van der Waals surface area contributed by atoms with Crippen molar-refractivity contribution in [2.24, 2.45) is 0 Å². The lowest BCUT2D eigenvalue weighted by Crippen LogP contribution is -2.06. The molecule has 0 spiro atoms. The van der Waals surface area contributed by atoms with Crippen molar-refractivity contribution in [3.05, 3.63) is 42.5 Å². The number of aromatic nitrogens is 6. The Morgan fingerprint density at radius 2 is 2.20 bits per heavy atom. The van der Waals surface area contributed by atoms with E-state index >= 15 is 0 Å². The van der Waals surface area contributed by atoms with E-state index in [0.717, 1.165) is 6.42 Å². The summed E-state index contributed by atoms with van der Waals surface area (Å²) < 4.78 is 27.2. The predicted molar refractivity (Wildman–Crippen MR) is 108 cm³/mol. The van der Waals surface area contributed by atoms with Crippen molar-refractivity contribution in [2.75, 3.05) is 11.9 Å². The van der Waals surface area contributed by atoms with E-state index < -0.39 is 13.0 Å². The van der Waals surface area contributed by atoms with Crippen LogP contribution in [0.2, 0.25) is 0 Å². The summed E-state index contributed by atoms with van der Waals surface area (Å²) in [4.78, 5) is 16.0. The maximum atomic E-state index is 13.0. The number of nitriles is 1. The van der Waals surface area contributed by atoms with Crippen LogP contribution in [0.3, 0.4) is 0 Å². The Labute approximate surface area is 170 Å². The molecule has 0 unspecified atom stereocenters. The van der Waals surface area contributed by atoms with Gasteiger partial charge in [-0.3, -0.25) is 4.68 Å². The van der Waals surface area contributed by atoms with Gasteiger partial charge in [-0.05, 0) is 18.6 Å². The molecular formula is C20H18F2N8. The molecule has 0 bridgehead atoms. The Morgan fingerprint density at radius 1 is 1.33 bits per heavy atom. The predicted octanol–water partition coefficient (Wildman–Crippen LogP) is 3.84. The van der Waals surface area contributed by atoms with Crippen molar-refractivity contribution >= 4 is 17.0 Å². The van der Waals surface area contributed by atoms with Crippen molar-refractivity contribution in [1.29, 1.82) is 5.26 Å². The monoisotopic (exact) mass is 408 g/mol. The normalized spacial score (nSPS) is 11.2. The third-order valence-corrected chi connectivity index (χ3v) is 4.48. The summed E-state index contributed by atoms with van der Waals surface area (Å²) in [6, 6.07) is 5.58. The van der Waals surface area contributed by atoms with Gasteiger partial charge < -0.3 is 10.3 Å². The minimum atomic E-state index is -2.55. The zero-order chi connectivity index (χ0) is 21.1. The Morgan fingerprint density at radius 3 is 2.97 bits per heavy atom. The van der Waals surface area contributed by atoms with Gasteiger partial charge in [0.05, 0.1) is 11.3 Å². The van der Waals surface area contributed by atoms with E-state index in [4.69, 9.17) is 0 Å². The minimum Gasteiger partial charge on any atom is -0.354 e. The quantitative estimate of drug-likeness (QED) is 0.481. The summed E-state index contributed by atoms with van der Waals surface area (Å²) in [7, 11) is 0. The average Bonchev–Trinajstić information content (AvgIpc) is 3.35. The number of hydrogen-bond acceptors (Lipinski definition) is 6. The summed E-state index contributed by atoms with van der Waals surface area (Å²) in [6.07, 6.45) is 4.68. The molecule has 0 atom stereocenters. The summed E-state index contributed by atoms with van der Waals surface area (Å²) in [5, 5.41) is 17.4. The van der Waals surface area contributed by atoms with Gasteiger partial charge >= 0.3 is 0 Å². The lowest BCUT2D eigenvalue weighted by molar-refractivity contribution is 0.122. The smallest absolute Gasteiger partial charge is 0.257 e. The molecule has 0 saturated carbocycles. The molecule has 0 fully saturated rings. The van der Waals surface area contributed by atoms with Gasteiger partial charge in [-0.2, -0.15) is 10.4 Å². The molecule has 4 heterocycles. The van der Waals surface area contributed by atoms with Crippen molar-refractivity contribution in [2.45, 2.75) is 26.3 Å². The van der Waals surface area contributed by atoms with E-state index in [1.54, 1.807) is 36.9 Å². The fourth-order valence-corrected chi connectivity index (χ4v) is 3.11. The van der Waals surface area contributed by atoms with E-state index in [1.807, 2.05) is 6.92 Å². The van der Waals surface area contributed by atoms with Gasteiger partial charge in [-0.15, -0.1) is 0 Å². The molecule has 0 aliphatic rings. The highest BCUT2D eigenvalue weighted by Gasteiger charge is 2.18. The van der Waals surface area contributed by atoms with E-state index in [-0.39, 0.29) is 0 Å². The van der Waals surface area contributed by atoms with Crippen LogP contribution in [0.5, 0.6) is 0 Å². The van der Waals surface area contributed by atoms with Crippen molar-refractivity contribution in [3.63, 3.8) is 0 Å². The molecule has 152 valence electrons. The Balaban J connectivity index is 1.83. The largest absolute Gasteiger partial charge is 0.354 e. The minimum absolute atomic E-state index is 0.445. The van der Waals surface area contributed by atoms with Gasteiger partial charge in [-0.25, -0.2) is 23.7 Å². The molecule has 0 saturated heterocycles. The van der Waals surface area contributed by atoms with Gasteiger partial charge in [0, 0.05) is 47.8 Å². The molecule has 0 aliphatic heterocycles. The molecule has 0 amide bonds. The maximum absolute atomic E-state index is 13.0. The second-order valence-corrected chi connectivity index (χ2v) is 6.63. The van der Waals surface area contributed by atoms with Crippen LogP contribution in [-0.4, -0.2) is 42.7 Å². The molecular weight excluding hydrogens is 390 g/mol. The molecule has 0 aromatic carbocycles. The first-order valence-corrected chi connectivity index (χ1v) is 9.39. The highest BCUT2D eigenvalue weighted by Crippen LogP contribution is 2.32. The topological polar surface area (TPSA) is 108 Å². The van der Waals surface area contributed by atoms with E-state index in [2.05, 4.69) is 36.4 Å². The number of aromatic amines is 1. The molecule has 30 heavy (non-hydrogen) atoms. The lowest BCUT2D eigenvalue weighted by Gasteiger charge is -2.06. The number of hydrogen-bond donors (Lipinski definition) is 2. The van der Waals surface area contributed by atoms with Crippen LogP contribution >= 0.6 is 0 Å². The SMILES string of the molecule is CCCNc1nccc(-c2cn(CC(F)F)nc2-c2cnc3[nH]cc(C#N)c3c2)n1. The van der Waals surface area contributed by atoms with Crippen LogP contribution in [-0.2, 0) is 6.54 Å². The van der Waals surface area contributed by atoms with Crippen LogP contribution < -0.4 is 5.32 Å². The fraction of sp³-hybridized carbons (Fsp3) is 0.250. The van der Waals surface area contributed by atoms with E-state index in [1.165, 1.54) is 4.68 Å². The number of anilines is 1. The molecule has 2 N–H and O–H groups in total. The number of halogens is 2. The molecule has 4 rings (SSSR count). The molecule has 8 nitrogen and oxygen atoms in total. The van der Waals surface area contributed by atoms with Crippen molar-refractivity contribution in [3.8, 4) is 28.6 Å². The number of pyridine rings is 1. The zero-order valence-corrected chi connectivity index (χ0v) is 16.1. The van der Waals surface area contributed by atoms with Gasteiger partial charge in [0.2, 0.25) is 5.95 Å². The number of nitrogens with one attached hydrogen (secondary N) is 2.